The molecule has 0 rings (SSSR count). The van der Waals surface area contributed by atoms with E-state index in [2.05, 4.69) is 0 Å². The molecule has 254 valence electrons. The number of alkyl halides is 23. The molecule has 3 atom stereocenters. The number of hydrogen-bond acceptors (Lipinski definition) is 5. The van der Waals surface area contributed by atoms with Crippen molar-refractivity contribution >= 4 is 5.97 Å². The van der Waals surface area contributed by atoms with Gasteiger partial charge in [-0.1, -0.05) is 0 Å². The van der Waals surface area contributed by atoms with E-state index >= 15 is 0 Å². The SMILES string of the molecule is O=C(O)C(F)(F)OC(F)(C(F)(F)F)C(F)(F)OC(F)(C(F)(F)F)C(F)(F)OC(F)(C(F)(F)F)C(F)(F)OC(F)(F)F.[NH4+]. The molecule has 0 aromatic carbocycles. The van der Waals surface area contributed by atoms with Gasteiger partial charge in [-0.3, -0.25) is 14.2 Å². The summed E-state index contributed by atoms with van der Waals surface area (Å²) in [5.74, 6) is -29.8. The van der Waals surface area contributed by atoms with Gasteiger partial charge < -0.3 is 11.3 Å². The molecule has 3 unspecified atom stereocenters. The van der Waals surface area contributed by atoms with Crippen LogP contribution in [0.15, 0.2) is 0 Å². The quantitative estimate of drug-likeness (QED) is 0.224. The summed E-state index contributed by atoms with van der Waals surface area (Å²) in [5, 5.41) is 7.79. The first-order valence-electron chi connectivity index (χ1n) is 8.16. The van der Waals surface area contributed by atoms with E-state index in [1.54, 1.807) is 0 Å². The second-order valence-corrected chi connectivity index (χ2v) is 6.51. The second-order valence-electron chi connectivity index (χ2n) is 6.51. The molecule has 0 radical (unpaired) electrons. The van der Waals surface area contributed by atoms with E-state index in [-0.39, 0.29) is 6.15 Å². The maximum atomic E-state index is 14.1. The Hall–Kier alpha value is -2.34. The number of hydrogen-bond donors (Lipinski definition) is 2. The van der Waals surface area contributed by atoms with Gasteiger partial charge >= 0.3 is 72.9 Å². The van der Waals surface area contributed by atoms with Crippen LogP contribution >= 0.6 is 0 Å². The third-order valence-electron chi connectivity index (χ3n) is 3.52. The molecule has 0 heterocycles. The fraction of sp³-hybridized carbons (Fsp3) is 0.917. The summed E-state index contributed by atoms with van der Waals surface area (Å²) < 4.78 is 303. The Morgan fingerprint density at radius 2 is 0.619 bits per heavy atom. The normalized spacial score (nSPS) is 19.3. The van der Waals surface area contributed by atoms with E-state index in [0.717, 1.165) is 14.2 Å². The van der Waals surface area contributed by atoms with Gasteiger partial charge in [0.2, 0.25) is 0 Å². The predicted molar refractivity (Wildman–Crippen MR) is 73.5 cm³/mol. The molecule has 30 heteroatoms. The number of quaternary nitrogens is 1. The summed E-state index contributed by atoms with van der Waals surface area (Å²) in [6.07, 6.45) is -64.7. The van der Waals surface area contributed by atoms with Crippen molar-refractivity contribution in [3.8, 4) is 0 Å². The Kier molecular flexibility index (Phi) is 10.9. The maximum absolute atomic E-state index is 14.1. The first-order chi connectivity index (χ1) is 17.3. The van der Waals surface area contributed by atoms with Crippen LogP contribution in [0.4, 0.5) is 101 Å². The van der Waals surface area contributed by atoms with Gasteiger partial charge in [-0.25, -0.2) is 9.53 Å². The molecule has 0 saturated carbocycles. The van der Waals surface area contributed by atoms with Crippen LogP contribution in [0, 0.1) is 0 Å². The number of carbonyl (C=O) groups is 1. The van der Waals surface area contributed by atoms with Crippen molar-refractivity contribution in [1.82, 2.24) is 6.15 Å². The maximum Gasteiger partial charge on any atom is 0.527 e. The highest BCUT2D eigenvalue weighted by molar-refractivity contribution is 5.73. The number of carboxylic acids is 1. The molecule has 7 nitrogen and oxygen atoms in total. The molecule has 0 bridgehead atoms. The number of aliphatic carboxylic acids is 1. The van der Waals surface area contributed by atoms with Crippen molar-refractivity contribution in [2.75, 3.05) is 0 Å². The lowest BCUT2D eigenvalue weighted by Crippen LogP contribution is -2.71. The molecule has 42 heavy (non-hydrogen) atoms. The standard InChI is InChI=1S/C12HF23O6.H3N/c13-2(14,1(36)37)38-3(15,6(18,19)20)9(27,28)39-4(16,7(21,22)23)10(29,30)40-5(17,8(24,25)26)11(31,32)41-12(33,34)35;/h(H,36,37);1H3/p+1. The Morgan fingerprint density at radius 1 is 0.405 bits per heavy atom. The topological polar surface area (TPSA) is 111 Å². The fourth-order valence-electron chi connectivity index (χ4n) is 1.76. The van der Waals surface area contributed by atoms with E-state index in [1.807, 2.05) is 0 Å². The van der Waals surface area contributed by atoms with Crippen LogP contribution in [0.2, 0.25) is 0 Å². The van der Waals surface area contributed by atoms with Crippen LogP contribution in [0.5, 0.6) is 0 Å². The Bertz CT molecular complexity index is 956. The summed E-state index contributed by atoms with van der Waals surface area (Å²) >= 11 is 0. The van der Waals surface area contributed by atoms with Crippen molar-refractivity contribution < 1.29 is 130 Å². The van der Waals surface area contributed by atoms with Crippen molar-refractivity contribution in [2.24, 2.45) is 0 Å². The molecule has 0 saturated heterocycles. The lowest BCUT2D eigenvalue weighted by Gasteiger charge is -2.42. The van der Waals surface area contributed by atoms with Gasteiger partial charge in [0.05, 0.1) is 0 Å². The Labute approximate surface area is 210 Å². The number of ether oxygens (including phenoxy) is 4. The predicted octanol–water partition coefficient (Wildman–Crippen LogP) is 7.09. The highest BCUT2D eigenvalue weighted by atomic mass is 19.4. The van der Waals surface area contributed by atoms with Gasteiger partial charge in [0.25, 0.3) is 0 Å². The van der Waals surface area contributed by atoms with Crippen LogP contribution in [-0.2, 0) is 23.7 Å². The molecular weight excluding hydrogens is 691 g/mol. The smallest absolute Gasteiger partial charge is 0.475 e. The highest BCUT2D eigenvalue weighted by Crippen LogP contribution is 2.59. The third kappa shape index (κ3) is 7.59. The molecule has 0 spiro atoms. The zero-order valence-electron chi connectivity index (χ0n) is 18.2. The third-order valence-corrected chi connectivity index (χ3v) is 3.52. The van der Waals surface area contributed by atoms with Crippen LogP contribution in [0.3, 0.4) is 0 Å². The van der Waals surface area contributed by atoms with E-state index in [1.165, 1.54) is 4.74 Å². The minimum absolute atomic E-state index is 0. The van der Waals surface area contributed by atoms with Crippen molar-refractivity contribution in [1.29, 1.82) is 0 Å². The van der Waals surface area contributed by atoms with E-state index < -0.39 is 72.9 Å². The number of carboxylic acid groups (broad SMARTS) is 1. The van der Waals surface area contributed by atoms with Crippen molar-refractivity contribution in [3.05, 3.63) is 0 Å². The number of rotatable bonds is 11. The van der Waals surface area contributed by atoms with Crippen LogP contribution in [-0.4, -0.2) is 78.0 Å². The largest absolute Gasteiger partial charge is 0.527 e. The van der Waals surface area contributed by atoms with Gasteiger partial charge in [0.15, 0.2) is 0 Å². The van der Waals surface area contributed by atoms with E-state index in [9.17, 15) is 106 Å². The van der Waals surface area contributed by atoms with E-state index in [4.69, 9.17) is 5.11 Å². The van der Waals surface area contributed by atoms with Crippen molar-refractivity contribution in [3.63, 3.8) is 0 Å². The fourth-order valence-corrected chi connectivity index (χ4v) is 1.76. The monoisotopic (exact) mass is 696 g/mol. The molecule has 0 aromatic rings. The Balaban J connectivity index is 0. The molecule has 0 aromatic heterocycles. The van der Waals surface area contributed by atoms with Crippen LogP contribution < -0.4 is 6.15 Å². The highest BCUT2D eigenvalue weighted by Gasteiger charge is 2.88. The Morgan fingerprint density at radius 3 is 0.810 bits per heavy atom. The summed E-state index contributed by atoms with van der Waals surface area (Å²) in [4.78, 5) is 10.0. The first kappa shape index (κ1) is 41.8. The molecule has 0 amide bonds. The second kappa shape index (κ2) is 11.0. The summed E-state index contributed by atoms with van der Waals surface area (Å²) in [5.41, 5.74) is 0. The summed E-state index contributed by atoms with van der Waals surface area (Å²) in [6.45, 7) is 0. The van der Waals surface area contributed by atoms with Gasteiger partial charge in [-0.05, 0) is 0 Å². The minimum atomic E-state index is -8.80. The minimum Gasteiger partial charge on any atom is -0.475 e. The zero-order chi connectivity index (χ0) is 33.9. The lowest BCUT2D eigenvalue weighted by atomic mass is 10.2. The zero-order valence-corrected chi connectivity index (χ0v) is 18.2. The summed E-state index contributed by atoms with van der Waals surface area (Å²) in [7, 11) is 0. The van der Waals surface area contributed by atoms with Crippen molar-refractivity contribution in [2.45, 2.75) is 66.9 Å². The molecular formula is C12H5F23NO6+. The molecule has 5 N–H and O–H groups in total. The summed E-state index contributed by atoms with van der Waals surface area (Å²) in [6, 6.07) is 0. The van der Waals surface area contributed by atoms with Gasteiger partial charge in [-0.15, -0.1) is 13.2 Å². The molecule has 0 aliphatic heterocycles. The number of halogens is 23. The average molecular weight is 696 g/mol. The molecule has 0 fully saturated rings. The van der Waals surface area contributed by atoms with Gasteiger partial charge in [0.1, 0.15) is 0 Å². The average Bonchev–Trinajstić information content (AvgIpc) is 2.61. The van der Waals surface area contributed by atoms with E-state index in [0.29, 0.717) is 0 Å². The molecule has 0 aliphatic rings. The lowest BCUT2D eigenvalue weighted by molar-refractivity contribution is -0.589. The van der Waals surface area contributed by atoms with Crippen LogP contribution in [0.1, 0.15) is 0 Å². The molecule has 0 aliphatic carbocycles. The van der Waals surface area contributed by atoms with Crippen LogP contribution in [0.25, 0.3) is 0 Å². The van der Waals surface area contributed by atoms with Gasteiger partial charge in [-0.2, -0.15) is 87.8 Å². The van der Waals surface area contributed by atoms with Gasteiger partial charge in [0, 0.05) is 0 Å². The first-order valence-corrected chi connectivity index (χ1v) is 8.16.